The van der Waals surface area contributed by atoms with Crippen LogP contribution in [0.1, 0.15) is 25.5 Å². The molecule has 8 heteroatoms. The topological polar surface area (TPSA) is 67.9 Å². The third kappa shape index (κ3) is 5.04. The van der Waals surface area contributed by atoms with Gasteiger partial charge in [-0.05, 0) is 47.9 Å². The van der Waals surface area contributed by atoms with Gasteiger partial charge in [-0.1, -0.05) is 37.6 Å². The predicted octanol–water partition coefficient (Wildman–Crippen LogP) is 3.99. The number of benzene rings is 2. The van der Waals surface area contributed by atoms with Crippen LogP contribution in [0, 0.1) is 5.92 Å². The van der Waals surface area contributed by atoms with E-state index in [2.05, 4.69) is 4.72 Å². The number of sulfonamides is 1. The summed E-state index contributed by atoms with van der Waals surface area (Å²) in [7, 11) is -1.79. The summed E-state index contributed by atoms with van der Waals surface area (Å²) < 4.78 is 34.2. The number of hydrogen-bond donors (Lipinski definition) is 1. The number of ether oxygens (including phenoxy) is 1. The van der Waals surface area contributed by atoms with Crippen LogP contribution in [0.2, 0.25) is 5.02 Å². The highest BCUT2D eigenvalue weighted by Gasteiger charge is 2.43. The Balaban J connectivity index is 1.83. The molecule has 1 heterocycles. The van der Waals surface area contributed by atoms with Gasteiger partial charge in [-0.3, -0.25) is 4.84 Å². The van der Waals surface area contributed by atoms with Crippen molar-refractivity contribution in [1.82, 2.24) is 9.79 Å². The molecule has 0 radical (unpaired) electrons. The van der Waals surface area contributed by atoms with Crippen LogP contribution in [0.3, 0.4) is 0 Å². The lowest BCUT2D eigenvalue weighted by Crippen LogP contribution is -2.40. The van der Waals surface area contributed by atoms with E-state index in [9.17, 15) is 8.42 Å². The summed E-state index contributed by atoms with van der Waals surface area (Å²) in [6.45, 7) is 4.44. The van der Waals surface area contributed by atoms with Gasteiger partial charge in [0.2, 0.25) is 10.0 Å². The van der Waals surface area contributed by atoms with E-state index in [0.717, 1.165) is 5.56 Å². The van der Waals surface area contributed by atoms with Gasteiger partial charge in [-0.2, -0.15) is 5.06 Å². The summed E-state index contributed by atoms with van der Waals surface area (Å²) in [5, 5.41) is 1.52. The van der Waals surface area contributed by atoms with E-state index in [1.54, 1.807) is 36.4 Å². The van der Waals surface area contributed by atoms with Crippen molar-refractivity contribution in [1.29, 1.82) is 0 Å². The second-order valence-corrected chi connectivity index (χ2v) is 9.66. The average Bonchev–Trinajstić information content (AvgIpc) is 3.05. The maximum Gasteiger partial charge on any atom is 0.218 e. The molecule has 1 saturated heterocycles. The second kappa shape index (κ2) is 8.80. The van der Waals surface area contributed by atoms with Gasteiger partial charge in [0.15, 0.2) is 0 Å². The lowest BCUT2D eigenvalue weighted by Gasteiger charge is -2.24. The van der Waals surface area contributed by atoms with Gasteiger partial charge in [0.25, 0.3) is 0 Å². The summed E-state index contributed by atoms with van der Waals surface area (Å²) in [5.74, 6) is 1.50. The molecule has 152 valence electrons. The highest BCUT2D eigenvalue weighted by Crippen LogP contribution is 2.35. The first-order valence-electron chi connectivity index (χ1n) is 9.14. The number of halogens is 1. The first kappa shape index (κ1) is 21.1. The lowest BCUT2D eigenvalue weighted by atomic mass is 10.0. The summed E-state index contributed by atoms with van der Waals surface area (Å²) in [5.41, 5.74) is 0.811. The molecule has 2 aromatic carbocycles. The summed E-state index contributed by atoms with van der Waals surface area (Å²) in [6, 6.07) is 14.0. The van der Waals surface area contributed by atoms with Crippen LogP contribution in [0.15, 0.2) is 48.5 Å². The molecular formula is C20H25ClN2O4S. The van der Waals surface area contributed by atoms with E-state index in [1.807, 2.05) is 38.1 Å². The minimum Gasteiger partial charge on any atom is -0.457 e. The van der Waals surface area contributed by atoms with Crippen molar-refractivity contribution in [3.05, 3.63) is 59.1 Å². The van der Waals surface area contributed by atoms with E-state index in [1.165, 1.54) is 0 Å². The van der Waals surface area contributed by atoms with E-state index in [-0.39, 0.29) is 12.5 Å². The lowest BCUT2D eigenvalue weighted by molar-refractivity contribution is -0.110. The molecule has 28 heavy (non-hydrogen) atoms. The number of nitrogens with zero attached hydrogens (tertiary/aromatic N) is 1. The summed E-state index contributed by atoms with van der Waals surface area (Å²) in [6.07, 6.45) is 0. The molecule has 0 spiro atoms. The van der Waals surface area contributed by atoms with Crippen LogP contribution in [0.4, 0.5) is 0 Å². The van der Waals surface area contributed by atoms with Crippen molar-refractivity contribution < 1.29 is 18.0 Å². The molecule has 2 unspecified atom stereocenters. The molecule has 2 aromatic rings. The minimum absolute atomic E-state index is 0.108. The molecule has 0 saturated carbocycles. The molecule has 6 nitrogen and oxygen atoms in total. The second-order valence-electron chi connectivity index (χ2n) is 7.24. The van der Waals surface area contributed by atoms with Gasteiger partial charge < -0.3 is 4.74 Å². The fraction of sp³-hybridized carbons (Fsp3) is 0.400. The maximum atomic E-state index is 12.8. The number of hydroxylamine groups is 2. The summed E-state index contributed by atoms with van der Waals surface area (Å²) >= 11 is 5.91. The Morgan fingerprint density at radius 1 is 1.21 bits per heavy atom. The number of hydrogen-bond acceptors (Lipinski definition) is 5. The van der Waals surface area contributed by atoms with E-state index in [0.29, 0.717) is 23.1 Å². The molecule has 1 N–H and O–H groups in total. The zero-order chi connectivity index (χ0) is 20.3. The molecule has 3 rings (SSSR count). The predicted molar refractivity (Wildman–Crippen MR) is 110 cm³/mol. The van der Waals surface area contributed by atoms with E-state index in [4.69, 9.17) is 21.2 Å². The fourth-order valence-corrected chi connectivity index (χ4v) is 4.88. The molecule has 1 aliphatic heterocycles. The van der Waals surface area contributed by atoms with E-state index >= 15 is 0 Å². The van der Waals surface area contributed by atoms with Gasteiger partial charge in [-0.25, -0.2) is 13.1 Å². The molecule has 0 aliphatic carbocycles. The fourth-order valence-electron chi connectivity index (χ4n) is 3.07. The maximum absolute atomic E-state index is 12.8. The minimum atomic E-state index is -3.53. The van der Waals surface area contributed by atoms with Crippen molar-refractivity contribution in [2.75, 3.05) is 20.2 Å². The van der Waals surface area contributed by atoms with Crippen molar-refractivity contribution in [3.63, 3.8) is 0 Å². The third-order valence-corrected chi connectivity index (χ3v) is 6.54. The van der Waals surface area contributed by atoms with Gasteiger partial charge in [0.05, 0.1) is 12.6 Å². The first-order chi connectivity index (χ1) is 13.3. The zero-order valence-corrected chi connectivity index (χ0v) is 17.7. The molecule has 0 bridgehead atoms. The Morgan fingerprint density at radius 3 is 2.61 bits per heavy atom. The third-order valence-electron chi connectivity index (χ3n) is 4.53. The Kier molecular flexibility index (Phi) is 6.62. The van der Waals surface area contributed by atoms with Crippen molar-refractivity contribution >= 4 is 21.6 Å². The first-order valence-corrected chi connectivity index (χ1v) is 11.1. The SMILES string of the molecule is CC(C)CNS(=O)(=O)C1CON(C)C1c1cccc(Oc2ccc(Cl)cc2)c1. The van der Waals surface area contributed by atoms with Crippen molar-refractivity contribution in [2.45, 2.75) is 25.1 Å². The Bertz CT molecular complexity index is 903. The van der Waals surface area contributed by atoms with Gasteiger partial charge in [-0.15, -0.1) is 0 Å². The molecule has 0 aromatic heterocycles. The molecule has 2 atom stereocenters. The highest BCUT2D eigenvalue weighted by molar-refractivity contribution is 7.90. The zero-order valence-electron chi connectivity index (χ0n) is 16.1. The van der Waals surface area contributed by atoms with Gasteiger partial charge in [0.1, 0.15) is 16.7 Å². The van der Waals surface area contributed by atoms with Gasteiger partial charge >= 0.3 is 0 Å². The normalized spacial score (nSPS) is 20.6. The Morgan fingerprint density at radius 2 is 1.93 bits per heavy atom. The molecule has 0 amide bonds. The quantitative estimate of drug-likeness (QED) is 0.727. The average molecular weight is 425 g/mol. The smallest absolute Gasteiger partial charge is 0.218 e. The molecule has 1 fully saturated rings. The van der Waals surface area contributed by atoms with Crippen LogP contribution in [0.5, 0.6) is 11.5 Å². The van der Waals surface area contributed by atoms with Crippen LogP contribution in [-0.2, 0) is 14.9 Å². The molecule has 1 aliphatic rings. The van der Waals surface area contributed by atoms with Gasteiger partial charge in [0, 0.05) is 18.6 Å². The number of nitrogens with one attached hydrogen (secondary N) is 1. The number of rotatable bonds is 7. The van der Waals surface area contributed by atoms with Crippen molar-refractivity contribution in [2.24, 2.45) is 5.92 Å². The van der Waals surface area contributed by atoms with Crippen LogP contribution >= 0.6 is 11.6 Å². The largest absolute Gasteiger partial charge is 0.457 e. The van der Waals surface area contributed by atoms with Crippen LogP contribution in [-0.4, -0.2) is 38.9 Å². The Hall–Kier alpha value is -1.64. The Labute approximate surface area is 171 Å². The highest BCUT2D eigenvalue weighted by atomic mass is 35.5. The molecular weight excluding hydrogens is 400 g/mol. The summed E-state index contributed by atoms with van der Waals surface area (Å²) in [4.78, 5) is 5.56. The van der Waals surface area contributed by atoms with E-state index < -0.39 is 21.3 Å². The monoisotopic (exact) mass is 424 g/mol. The van der Waals surface area contributed by atoms with Crippen LogP contribution in [0.25, 0.3) is 0 Å². The standard InChI is InChI=1S/C20H25ClN2O4S/c1-14(2)12-22-28(24,25)19-13-26-23(3)20(19)15-5-4-6-18(11-15)27-17-9-7-16(21)8-10-17/h4-11,14,19-20,22H,12-13H2,1-3H3. The van der Waals surface area contributed by atoms with Crippen LogP contribution < -0.4 is 9.46 Å². The van der Waals surface area contributed by atoms with Crippen molar-refractivity contribution in [3.8, 4) is 11.5 Å².